The second-order valence-corrected chi connectivity index (χ2v) is 8.51. The molecule has 1 aromatic rings. The van der Waals surface area contributed by atoms with E-state index in [4.69, 9.17) is 4.74 Å². The molecule has 2 aliphatic rings. The van der Waals surface area contributed by atoms with Crippen LogP contribution >= 0.6 is 0 Å². The highest BCUT2D eigenvalue weighted by atomic mass is 32.2. The van der Waals surface area contributed by atoms with Gasteiger partial charge >= 0.3 is 0 Å². The molecule has 3 rings (SSSR count). The summed E-state index contributed by atoms with van der Waals surface area (Å²) in [4.78, 5) is 0. The van der Waals surface area contributed by atoms with Crippen LogP contribution in [0.15, 0.2) is 6.33 Å². The molecule has 130 valence electrons. The molecule has 8 nitrogen and oxygen atoms in total. The minimum absolute atomic E-state index is 0.0761. The Kier molecular flexibility index (Phi) is 4.73. The maximum Gasteiger partial charge on any atom is 0.282 e. The molecule has 0 N–H and O–H groups in total. The van der Waals surface area contributed by atoms with Crippen LogP contribution in [0.2, 0.25) is 0 Å². The van der Waals surface area contributed by atoms with Crippen LogP contribution in [-0.2, 0) is 22.0 Å². The van der Waals surface area contributed by atoms with Crippen LogP contribution < -0.4 is 0 Å². The summed E-state index contributed by atoms with van der Waals surface area (Å²) in [5.41, 5.74) is 0. The largest absolute Gasteiger partial charge is 0.373 e. The highest BCUT2D eigenvalue weighted by Gasteiger charge is 2.38. The molecule has 0 spiro atoms. The summed E-state index contributed by atoms with van der Waals surface area (Å²) in [6, 6.07) is 0. The van der Waals surface area contributed by atoms with E-state index in [-0.39, 0.29) is 18.1 Å². The van der Waals surface area contributed by atoms with Gasteiger partial charge in [-0.05, 0) is 26.7 Å². The molecule has 0 unspecified atom stereocenters. The normalized spacial score (nSPS) is 31.3. The van der Waals surface area contributed by atoms with Crippen molar-refractivity contribution in [2.75, 3.05) is 26.2 Å². The number of piperidine rings is 1. The fraction of sp³-hybridized carbons (Fsp3) is 0.857. The van der Waals surface area contributed by atoms with E-state index in [0.29, 0.717) is 26.2 Å². The van der Waals surface area contributed by atoms with E-state index in [1.54, 1.807) is 14.9 Å². The van der Waals surface area contributed by atoms with Gasteiger partial charge in [-0.2, -0.15) is 17.0 Å². The van der Waals surface area contributed by atoms with Gasteiger partial charge < -0.3 is 9.30 Å². The maximum atomic E-state index is 13.0. The lowest BCUT2D eigenvalue weighted by atomic mass is 9.99. The second kappa shape index (κ2) is 6.46. The molecule has 23 heavy (non-hydrogen) atoms. The first-order valence-corrected chi connectivity index (χ1v) is 9.52. The Hall–Kier alpha value is -1.03. The monoisotopic (exact) mass is 343 g/mol. The molecule has 1 aromatic heterocycles. The van der Waals surface area contributed by atoms with Crippen LogP contribution in [0.5, 0.6) is 0 Å². The van der Waals surface area contributed by atoms with E-state index < -0.39 is 10.2 Å². The average Bonchev–Trinajstić information content (AvgIpc) is 2.92. The van der Waals surface area contributed by atoms with Gasteiger partial charge in [0.25, 0.3) is 10.2 Å². The first kappa shape index (κ1) is 16.8. The van der Waals surface area contributed by atoms with Crippen molar-refractivity contribution in [1.82, 2.24) is 23.4 Å². The lowest BCUT2D eigenvalue weighted by Gasteiger charge is -2.39. The van der Waals surface area contributed by atoms with Gasteiger partial charge in [0.05, 0.1) is 12.2 Å². The van der Waals surface area contributed by atoms with Crippen LogP contribution in [0, 0.1) is 0 Å². The Labute approximate surface area is 137 Å². The zero-order valence-corrected chi connectivity index (χ0v) is 14.7. The molecule has 3 heterocycles. The number of nitrogens with zero attached hydrogens (tertiary/aromatic N) is 5. The van der Waals surface area contributed by atoms with Crippen LogP contribution in [0.1, 0.15) is 38.4 Å². The van der Waals surface area contributed by atoms with Crippen LogP contribution in [0.4, 0.5) is 0 Å². The number of morpholine rings is 1. The second-order valence-electron chi connectivity index (χ2n) is 6.58. The number of hydrogen-bond acceptors (Lipinski definition) is 5. The Balaban J connectivity index is 1.76. The summed E-state index contributed by atoms with van der Waals surface area (Å²) in [6.07, 6.45) is 3.29. The van der Waals surface area contributed by atoms with Gasteiger partial charge in [0.1, 0.15) is 12.2 Å². The zero-order chi connectivity index (χ0) is 16.6. The molecule has 0 bridgehead atoms. The fourth-order valence-electron chi connectivity index (χ4n) is 3.51. The lowest BCUT2D eigenvalue weighted by molar-refractivity contribution is -0.0456. The third-order valence-electron chi connectivity index (χ3n) is 4.53. The standard InChI is InChI=1S/C14H25N5O3S/c1-11-7-19(8-12(2)22-11)23(20,21)18-6-4-5-13(9-18)14-16-15-10-17(14)3/h10-13H,4-9H2,1-3H3/t11-,12+,13-/m0/s1. The Morgan fingerprint density at radius 3 is 2.48 bits per heavy atom. The van der Waals surface area contributed by atoms with Gasteiger partial charge in [0.15, 0.2) is 0 Å². The fourth-order valence-corrected chi connectivity index (χ4v) is 5.36. The van der Waals surface area contributed by atoms with Crippen molar-refractivity contribution >= 4 is 10.2 Å². The summed E-state index contributed by atoms with van der Waals surface area (Å²) in [5, 5.41) is 8.06. The van der Waals surface area contributed by atoms with E-state index in [9.17, 15) is 8.42 Å². The van der Waals surface area contributed by atoms with Crippen molar-refractivity contribution in [3.05, 3.63) is 12.2 Å². The van der Waals surface area contributed by atoms with Gasteiger partial charge in [-0.25, -0.2) is 0 Å². The van der Waals surface area contributed by atoms with Crippen molar-refractivity contribution in [2.24, 2.45) is 7.05 Å². The molecule has 0 aliphatic carbocycles. The topological polar surface area (TPSA) is 80.6 Å². The van der Waals surface area contributed by atoms with E-state index in [1.165, 1.54) is 0 Å². The predicted octanol–water partition coefficient (Wildman–Crippen LogP) is 0.349. The predicted molar refractivity (Wildman–Crippen MR) is 85.1 cm³/mol. The molecule has 2 fully saturated rings. The summed E-state index contributed by atoms with van der Waals surface area (Å²) in [5.74, 6) is 0.954. The third kappa shape index (κ3) is 3.42. The van der Waals surface area contributed by atoms with Gasteiger partial charge in [-0.3, -0.25) is 0 Å². The summed E-state index contributed by atoms with van der Waals surface area (Å²) in [6.45, 7) is 5.69. The first-order chi connectivity index (χ1) is 10.9. The molecule has 0 aromatic carbocycles. The first-order valence-electron chi connectivity index (χ1n) is 8.12. The minimum atomic E-state index is -3.46. The van der Waals surface area contributed by atoms with E-state index in [1.807, 2.05) is 25.5 Å². The third-order valence-corrected chi connectivity index (χ3v) is 6.47. The van der Waals surface area contributed by atoms with Crippen LogP contribution in [0.3, 0.4) is 0 Å². The van der Waals surface area contributed by atoms with Crippen molar-refractivity contribution in [3.8, 4) is 0 Å². The number of ether oxygens (including phenoxy) is 1. The molecular formula is C14H25N5O3S. The number of rotatable bonds is 3. The van der Waals surface area contributed by atoms with Gasteiger partial charge in [0, 0.05) is 39.1 Å². The molecule has 0 saturated carbocycles. The number of aryl methyl sites for hydroxylation is 1. The highest BCUT2D eigenvalue weighted by Crippen LogP contribution is 2.28. The van der Waals surface area contributed by atoms with Crippen molar-refractivity contribution < 1.29 is 13.2 Å². The van der Waals surface area contributed by atoms with Crippen LogP contribution in [-0.4, -0.2) is 70.2 Å². The summed E-state index contributed by atoms with van der Waals surface area (Å²) >= 11 is 0. The average molecular weight is 343 g/mol. The van der Waals surface area contributed by atoms with Crippen molar-refractivity contribution in [3.63, 3.8) is 0 Å². The zero-order valence-electron chi connectivity index (χ0n) is 13.9. The summed E-state index contributed by atoms with van der Waals surface area (Å²) < 4.78 is 36.7. The van der Waals surface area contributed by atoms with Crippen molar-refractivity contribution in [1.29, 1.82) is 0 Å². The SMILES string of the molecule is C[C@@H]1CN(S(=O)(=O)N2CCC[C@H](c3nncn3C)C2)C[C@H](C)O1. The minimum Gasteiger partial charge on any atom is -0.373 e. The quantitative estimate of drug-likeness (QED) is 0.791. The van der Waals surface area contributed by atoms with Crippen molar-refractivity contribution in [2.45, 2.75) is 44.8 Å². The highest BCUT2D eigenvalue weighted by molar-refractivity contribution is 7.86. The maximum absolute atomic E-state index is 13.0. The van der Waals surface area contributed by atoms with E-state index >= 15 is 0 Å². The van der Waals surface area contributed by atoms with Gasteiger partial charge in [-0.15, -0.1) is 10.2 Å². The molecule has 3 atom stereocenters. The van der Waals surface area contributed by atoms with Gasteiger partial charge in [-0.1, -0.05) is 0 Å². The molecule has 2 aliphatic heterocycles. The Morgan fingerprint density at radius 2 is 1.87 bits per heavy atom. The Morgan fingerprint density at radius 1 is 1.17 bits per heavy atom. The van der Waals surface area contributed by atoms with E-state index in [2.05, 4.69) is 10.2 Å². The molecule has 0 radical (unpaired) electrons. The van der Waals surface area contributed by atoms with Crippen LogP contribution in [0.25, 0.3) is 0 Å². The number of aromatic nitrogens is 3. The van der Waals surface area contributed by atoms with E-state index in [0.717, 1.165) is 18.7 Å². The lowest BCUT2D eigenvalue weighted by Crippen LogP contribution is -2.54. The molecular weight excluding hydrogens is 318 g/mol. The van der Waals surface area contributed by atoms with Gasteiger partial charge in [0.2, 0.25) is 0 Å². The molecule has 0 amide bonds. The smallest absolute Gasteiger partial charge is 0.282 e. The summed E-state index contributed by atoms with van der Waals surface area (Å²) in [7, 11) is -1.56. The Bertz CT molecular complexity index is 637. The molecule has 9 heteroatoms. The number of hydrogen-bond donors (Lipinski definition) is 0. The molecule has 2 saturated heterocycles.